The van der Waals surface area contributed by atoms with Gasteiger partial charge in [-0.25, -0.2) is 0 Å². The smallest absolute Gasteiger partial charge is 0.123 e. The average molecular weight is 376 g/mol. The van der Waals surface area contributed by atoms with E-state index in [0.29, 0.717) is 0 Å². The van der Waals surface area contributed by atoms with Crippen LogP contribution in [0.25, 0.3) is 0 Å². The Labute approximate surface area is 166 Å². The van der Waals surface area contributed by atoms with Crippen molar-refractivity contribution in [1.82, 2.24) is 0 Å². The molecular weight excluding hydrogens is 348 g/mol. The molecule has 3 aromatic rings. The van der Waals surface area contributed by atoms with Crippen LogP contribution in [0.15, 0.2) is 48.5 Å². The Morgan fingerprint density at radius 3 is 1.29 bits per heavy atom. The first-order valence-electron chi connectivity index (χ1n) is 9.61. The molecule has 0 aromatic heterocycles. The van der Waals surface area contributed by atoms with Crippen molar-refractivity contribution in [3.8, 4) is 17.2 Å². The van der Waals surface area contributed by atoms with Crippen molar-refractivity contribution >= 4 is 0 Å². The number of rotatable bonds is 4. The quantitative estimate of drug-likeness (QED) is 0.521. The van der Waals surface area contributed by atoms with Crippen molar-refractivity contribution < 1.29 is 15.3 Å². The number of phenolic OH excluding ortho intramolecular Hbond substituents is 3. The van der Waals surface area contributed by atoms with Crippen LogP contribution in [0.2, 0.25) is 0 Å². The third kappa shape index (κ3) is 3.70. The summed E-state index contributed by atoms with van der Waals surface area (Å²) in [4.78, 5) is 0. The Balaban J connectivity index is 2.12. The second-order valence-corrected chi connectivity index (χ2v) is 7.86. The fourth-order valence-electron chi connectivity index (χ4n) is 3.87. The molecule has 2 unspecified atom stereocenters. The first-order valence-corrected chi connectivity index (χ1v) is 9.61. The summed E-state index contributed by atoms with van der Waals surface area (Å²) in [5, 5.41) is 31.8. The molecule has 0 fully saturated rings. The van der Waals surface area contributed by atoms with Gasteiger partial charge in [0.05, 0.1) is 0 Å². The predicted octanol–water partition coefficient (Wildman–Crippen LogP) is 6.03. The maximum Gasteiger partial charge on any atom is 0.123 e. The number of benzene rings is 3. The zero-order valence-corrected chi connectivity index (χ0v) is 17.1. The number of aryl methyl sites for hydroxylation is 3. The first-order chi connectivity index (χ1) is 13.2. The minimum atomic E-state index is -0.170. The zero-order chi connectivity index (χ0) is 20.6. The normalized spacial score (nSPS) is 13.3. The van der Waals surface area contributed by atoms with E-state index in [1.165, 1.54) is 0 Å². The number of hydrogen-bond acceptors (Lipinski definition) is 3. The molecule has 28 heavy (non-hydrogen) atoms. The van der Waals surface area contributed by atoms with Gasteiger partial charge in [0.15, 0.2) is 0 Å². The van der Waals surface area contributed by atoms with Gasteiger partial charge in [-0.3, -0.25) is 0 Å². The molecule has 3 N–H and O–H groups in total. The molecule has 0 aliphatic rings. The van der Waals surface area contributed by atoms with Crippen LogP contribution in [0, 0.1) is 20.8 Å². The number of phenols is 3. The van der Waals surface area contributed by atoms with Crippen LogP contribution >= 0.6 is 0 Å². The molecule has 0 aliphatic carbocycles. The SMILES string of the molecule is Cc1ccc(O)c(C(C)c2cc(C)cc(C(C)c3cc(C)ccc3O)c2O)c1. The topological polar surface area (TPSA) is 60.7 Å². The largest absolute Gasteiger partial charge is 0.508 e. The lowest BCUT2D eigenvalue weighted by Gasteiger charge is -2.22. The highest BCUT2D eigenvalue weighted by Gasteiger charge is 2.23. The van der Waals surface area contributed by atoms with Crippen LogP contribution in [-0.4, -0.2) is 15.3 Å². The molecule has 0 saturated heterocycles. The lowest BCUT2D eigenvalue weighted by molar-refractivity contribution is 0.447. The van der Waals surface area contributed by atoms with Crippen molar-refractivity contribution in [2.24, 2.45) is 0 Å². The first kappa shape index (κ1) is 19.8. The molecule has 146 valence electrons. The molecule has 0 spiro atoms. The summed E-state index contributed by atoms with van der Waals surface area (Å²) >= 11 is 0. The van der Waals surface area contributed by atoms with Crippen molar-refractivity contribution in [2.75, 3.05) is 0 Å². The van der Waals surface area contributed by atoms with Gasteiger partial charge in [0.2, 0.25) is 0 Å². The van der Waals surface area contributed by atoms with Crippen LogP contribution in [0.5, 0.6) is 17.2 Å². The van der Waals surface area contributed by atoms with E-state index >= 15 is 0 Å². The number of aromatic hydroxyl groups is 3. The Kier molecular flexibility index (Phi) is 5.37. The van der Waals surface area contributed by atoms with Gasteiger partial charge in [-0.2, -0.15) is 0 Å². The van der Waals surface area contributed by atoms with Crippen molar-refractivity contribution in [3.63, 3.8) is 0 Å². The molecular formula is C25H28O3. The molecule has 2 atom stereocenters. The average Bonchev–Trinajstić information content (AvgIpc) is 2.66. The zero-order valence-electron chi connectivity index (χ0n) is 17.1. The van der Waals surface area contributed by atoms with Gasteiger partial charge in [-0.05, 0) is 32.9 Å². The second-order valence-electron chi connectivity index (χ2n) is 7.86. The summed E-state index contributed by atoms with van der Waals surface area (Å²) in [6.07, 6.45) is 0. The molecule has 3 heteroatoms. The van der Waals surface area contributed by atoms with Crippen molar-refractivity contribution in [2.45, 2.75) is 46.5 Å². The molecule has 3 aromatic carbocycles. The fourth-order valence-corrected chi connectivity index (χ4v) is 3.87. The van der Waals surface area contributed by atoms with E-state index in [1.807, 2.05) is 71.0 Å². The monoisotopic (exact) mass is 376 g/mol. The second kappa shape index (κ2) is 7.59. The Morgan fingerprint density at radius 1 is 0.536 bits per heavy atom. The van der Waals surface area contributed by atoms with Gasteiger partial charge >= 0.3 is 0 Å². The van der Waals surface area contributed by atoms with Gasteiger partial charge in [-0.1, -0.05) is 66.9 Å². The summed E-state index contributed by atoms with van der Waals surface area (Å²) in [6, 6.07) is 15.0. The molecule has 0 radical (unpaired) electrons. The van der Waals surface area contributed by atoms with E-state index in [1.54, 1.807) is 12.1 Å². The van der Waals surface area contributed by atoms with Gasteiger partial charge in [0.1, 0.15) is 17.2 Å². The van der Waals surface area contributed by atoms with Gasteiger partial charge in [0, 0.05) is 34.1 Å². The van der Waals surface area contributed by atoms with Gasteiger partial charge < -0.3 is 15.3 Å². The van der Waals surface area contributed by atoms with E-state index < -0.39 is 0 Å². The Morgan fingerprint density at radius 2 is 0.893 bits per heavy atom. The van der Waals surface area contributed by atoms with E-state index in [9.17, 15) is 15.3 Å². The summed E-state index contributed by atoms with van der Waals surface area (Å²) < 4.78 is 0. The number of hydrogen-bond donors (Lipinski definition) is 3. The van der Waals surface area contributed by atoms with E-state index in [4.69, 9.17) is 0 Å². The third-order valence-corrected chi connectivity index (χ3v) is 5.55. The van der Waals surface area contributed by atoms with Crippen LogP contribution in [0.1, 0.15) is 64.6 Å². The fraction of sp³-hybridized carbons (Fsp3) is 0.280. The molecule has 0 amide bonds. The summed E-state index contributed by atoms with van der Waals surface area (Å²) in [7, 11) is 0. The maximum atomic E-state index is 11.1. The highest BCUT2D eigenvalue weighted by molar-refractivity contribution is 5.55. The van der Waals surface area contributed by atoms with E-state index in [2.05, 4.69) is 0 Å². The van der Waals surface area contributed by atoms with Crippen molar-refractivity contribution in [3.05, 3.63) is 87.5 Å². The molecule has 0 aliphatic heterocycles. The Hall–Kier alpha value is -2.94. The predicted molar refractivity (Wildman–Crippen MR) is 114 cm³/mol. The van der Waals surface area contributed by atoms with Crippen LogP contribution in [0.4, 0.5) is 0 Å². The van der Waals surface area contributed by atoms with Crippen LogP contribution < -0.4 is 0 Å². The molecule has 0 heterocycles. The van der Waals surface area contributed by atoms with Crippen LogP contribution in [0.3, 0.4) is 0 Å². The highest BCUT2D eigenvalue weighted by Crippen LogP contribution is 2.42. The van der Waals surface area contributed by atoms with Crippen molar-refractivity contribution in [1.29, 1.82) is 0 Å². The van der Waals surface area contributed by atoms with Gasteiger partial charge in [-0.15, -0.1) is 0 Å². The maximum absolute atomic E-state index is 11.1. The lowest BCUT2D eigenvalue weighted by atomic mass is 9.84. The van der Waals surface area contributed by atoms with E-state index in [0.717, 1.165) is 38.9 Å². The molecule has 0 saturated carbocycles. The minimum absolute atomic E-state index is 0.170. The Bertz CT molecular complexity index is 942. The summed E-state index contributed by atoms with van der Waals surface area (Å²) in [5.41, 5.74) is 6.27. The molecule has 0 bridgehead atoms. The standard InChI is InChI=1S/C25H28O3/c1-14-6-8-23(26)19(10-14)17(4)21-12-16(3)13-22(25(21)28)18(5)20-11-15(2)7-9-24(20)27/h6-13,17-18,26-28H,1-5H3. The van der Waals surface area contributed by atoms with Crippen LogP contribution in [-0.2, 0) is 0 Å². The summed E-state index contributed by atoms with van der Waals surface area (Å²) in [6.45, 7) is 9.95. The lowest BCUT2D eigenvalue weighted by Crippen LogP contribution is -2.04. The summed E-state index contributed by atoms with van der Waals surface area (Å²) in [5.74, 6) is 0.330. The molecule has 3 rings (SSSR count). The van der Waals surface area contributed by atoms with Gasteiger partial charge in [0.25, 0.3) is 0 Å². The third-order valence-electron chi connectivity index (χ3n) is 5.55. The molecule has 3 nitrogen and oxygen atoms in total. The minimum Gasteiger partial charge on any atom is -0.508 e. The van der Waals surface area contributed by atoms with E-state index in [-0.39, 0.29) is 29.1 Å². The highest BCUT2D eigenvalue weighted by atomic mass is 16.3.